The van der Waals surface area contributed by atoms with Gasteiger partial charge in [-0.15, -0.1) is 22.7 Å². The summed E-state index contributed by atoms with van der Waals surface area (Å²) in [7, 11) is 1.93. The molecule has 6 heteroatoms. The summed E-state index contributed by atoms with van der Waals surface area (Å²) in [6.45, 7) is 2.02. The molecular weight excluding hydrogens is 264 g/mol. The van der Waals surface area contributed by atoms with Gasteiger partial charge in [-0.2, -0.15) is 5.10 Å². The zero-order valence-corrected chi connectivity index (χ0v) is 11.8. The topological polar surface area (TPSA) is 43.6 Å². The Kier molecular flexibility index (Phi) is 2.97. The third-order valence-electron chi connectivity index (χ3n) is 2.63. The molecule has 0 atom stereocenters. The van der Waals surface area contributed by atoms with Crippen LogP contribution < -0.4 is 0 Å². The van der Waals surface area contributed by atoms with Crippen molar-refractivity contribution in [1.82, 2.24) is 19.7 Å². The lowest BCUT2D eigenvalue weighted by molar-refractivity contribution is 0.773. The van der Waals surface area contributed by atoms with E-state index in [2.05, 4.69) is 25.8 Å². The molecule has 0 fully saturated rings. The molecule has 3 aromatic rings. The van der Waals surface area contributed by atoms with Crippen LogP contribution in [-0.4, -0.2) is 19.7 Å². The van der Waals surface area contributed by atoms with Gasteiger partial charge in [0.25, 0.3) is 0 Å². The van der Waals surface area contributed by atoms with E-state index in [1.807, 2.05) is 24.7 Å². The number of rotatable bonds is 3. The molecule has 0 aliphatic rings. The number of hydrogen-bond donors (Lipinski definition) is 0. The first-order valence-electron chi connectivity index (χ1n) is 5.56. The minimum absolute atomic E-state index is 0.812. The van der Waals surface area contributed by atoms with Crippen molar-refractivity contribution in [2.75, 3.05) is 0 Å². The van der Waals surface area contributed by atoms with Crippen molar-refractivity contribution >= 4 is 22.7 Å². The van der Waals surface area contributed by atoms with E-state index in [4.69, 9.17) is 0 Å². The van der Waals surface area contributed by atoms with Gasteiger partial charge in [-0.3, -0.25) is 4.68 Å². The summed E-state index contributed by atoms with van der Waals surface area (Å²) in [5.41, 5.74) is 3.14. The monoisotopic (exact) mass is 276 g/mol. The van der Waals surface area contributed by atoms with Crippen molar-refractivity contribution < 1.29 is 0 Å². The highest BCUT2D eigenvalue weighted by Gasteiger charge is 2.09. The lowest BCUT2D eigenvalue weighted by Crippen LogP contribution is -1.94. The number of thiazole rings is 2. The van der Waals surface area contributed by atoms with E-state index in [9.17, 15) is 0 Å². The first-order valence-corrected chi connectivity index (χ1v) is 7.32. The van der Waals surface area contributed by atoms with Gasteiger partial charge in [0.15, 0.2) is 0 Å². The molecule has 0 N–H and O–H groups in total. The number of hydrogen-bond acceptors (Lipinski definition) is 5. The second kappa shape index (κ2) is 4.62. The normalized spacial score (nSPS) is 11.0. The quantitative estimate of drug-likeness (QED) is 0.739. The summed E-state index contributed by atoms with van der Waals surface area (Å²) >= 11 is 3.36. The van der Waals surface area contributed by atoms with Gasteiger partial charge in [0.2, 0.25) is 0 Å². The Labute approximate surface area is 113 Å². The van der Waals surface area contributed by atoms with E-state index in [0.29, 0.717) is 0 Å². The van der Waals surface area contributed by atoms with Crippen LogP contribution in [0.2, 0.25) is 0 Å². The van der Waals surface area contributed by atoms with E-state index in [1.54, 1.807) is 28.9 Å². The van der Waals surface area contributed by atoms with E-state index in [1.165, 1.54) is 0 Å². The second-order valence-corrected chi connectivity index (χ2v) is 6.01. The molecule has 92 valence electrons. The van der Waals surface area contributed by atoms with E-state index in [0.717, 1.165) is 33.5 Å². The van der Waals surface area contributed by atoms with Crippen LogP contribution in [0, 0.1) is 6.92 Å². The van der Waals surface area contributed by atoms with Crippen molar-refractivity contribution in [2.24, 2.45) is 7.05 Å². The molecule has 3 heterocycles. The zero-order valence-electron chi connectivity index (χ0n) is 10.1. The summed E-state index contributed by atoms with van der Waals surface area (Å²) in [6.07, 6.45) is 2.60. The predicted octanol–water partition coefficient (Wildman–Crippen LogP) is 2.90. The Morgan fingerprint density at radius 3 is 2.78 bits per heavy atom. The summed E-state index contributed by atoms with van der Waals surface area (Å²) in [6, 6.07) is 1.98. The molecular formula is C12H12N4S2. The Hall–Kier alpha value is -1.53. The minimum atomic E-state index is 0.812. The fraction of sp³-hybridized carbons (Fsp3) is 0.250. The molecule has 0 unspecified atom stereocenters. The van der Waals surface area contributed by atoms with E-state index in [-0.39, 0.29) is 0 Å². The minimum Gasteiger partial charge on any atom is -0.266 e. The first kappa shape index (κ1) is 11.6. The fourth-order valence-corrected chi connectivity index (χ4v) is 3.20. The Bertz CT molecular complexity index is 665. The molecule has 0 spiro atoms. The molecule has 4 nitrogen and oxygen atoms in total. The molecule has 0 aliphatic heterocycles. The molecule has 18 heavy (non-hydrogen) atoms. The van der Waals surface area contributed by atoms with Crippen molar-refractivity contribution in [1.29, 1.82) is 0 Å². The van der Waals surface area contributed by atoms with Gasteiger partial charge in [0, 0.05) is 30.4 Å². The fourth-order valence-electron chi connectivity index (χ4n) is 1.78. The Balaban J connectivity index is 1.84. The highest BCUT2D eigenvalue weighted by atomic mass is 32.1. The average Bonchev–Trinajstić information content (AvgIpc) is 3.02. The first-order chi connectivity index (χ1) is 8.72. The molecule has 0 amide bonds. The van der Waals surface area contributed by atoms with Gasteiger partial charge < -0.3 is 0 Å². The number of aryl methyl sites for hydroxylation is 2. The lowest BCUT2D eigenvalue weighted by Gasteiger charge is -1.96. The van der Waals surface area contributed by atoms with Crippen LogP contribution in [0.15, 0.2) is 23.0 Å². The summed E-state index contributed by atoms with van der Waals surface area (Å²) in [4.78, 5) is 9.10. The largest absolute Gasteiger partial charge is 0.266 e. The van der Waals surface area contributed by atoms with Gasteiger partial charge in [-0.25, -0.2) is 9.97 Å². The summed E-state index contributed by atoms with van der Waals surface area (Å²) in [5, 5.41) is 10.5. The van der Waals surface area contributed by atoms with Crippen LogP contribution in [0.25, 0.3) is 11.4 Å². The van der Waals surface area contributed by atoms with Gasteiger partial charge in [-0.05, 0) is 13.0 Å². The van der Waals surface area contributed by atoms with Crippen molar-refractivity contribution in [3.8, 4) is 11.4 Å². The van der Waals surface area contributed by atoms with Crippen LogP contribution in [0.4, 0.5) is 0 Å². The molecule has 0 aliphatic carbocycles. The average molecular weight is 276 g/mol. The second-order valence-electron chi connectivity index (χ2n) is 4.00. The van der Waals surface area contributed by atoms with Crippen LogP contribution >= 0.6 is 22.7 Å². The third-order valence-corrected chi connectivity index (χ3v) is 4.31. The lowest BCUT2D eigenvalue weighted by atomic mass is 10.3. The van der Waals surface area contributed by atoms with Gasteiger partial charge >= 0.3 is 0 Å². The smallest absolute Gasteiger partial charge is 0.0995 e. The van der Waals surface area contributed by atoms with Gasteiger partial charge in [0.1, 0.15) is 0 Å². The molecule has 0 saturated carbocycles. The van der Waals surface area contributed by atoms with Crippen molar-refractivity contribution in [2.45, 2.75) is 13.3 Å². The van der Waals surface area contributed by atoms with Crippen LogP contribution in [0.5, 0.6) is 0 Å². The highest BCUT2D eigenvalue weighted by molar-refractivity contribution is 7.10. The zero-order chi connectivity index (χ0) is 12.5. The Morgan fingerprint density at radius 2 is 2.11 bits per heavy atom. The Morgan fingerprint density at radius 1 is 1.22 bits per heavy atom. The van der Waals surface area contributed by atoms with Crippen molar-refractivity contribution in [3.63, 3.8) is 0 Å². The molecule has 0 radical (unpaired) electrons. The van der Waals surface area contributed by atoms with Crippen LogP contribution in [0.1, 0.15) is 15.7 Å². The molecule has 0 saturated heterocycles. The maximum Gasteiger partial charge on any atom is 0.0995 e. The molecule has 3 aromatic heterocycles. The molecule has 0 bridgehead atoms. The maximum absolute atomic E-state index is 4.64. The number of nitrogens with zero attached hydrogens (tertiary/aromatic N) is 4. The molecule has 3 rings (SSSR count). The summed E-state index contributed by atoms with van der Waals surface area (Å²) in [5.74, 6) is 0. The SMILES string of the molecule is Cc1nc(Cc2nc(-c3ccnn3C)cs2)cs1. The summed E-state index contributed by atoms with van der Waals surface area (Å²) < 4.78 is 1.84. The highest BCUT2D eigenvalue weighted by Crippen LogP contribution is 2.23. The van der Waals surface area contributed by atoms with Gasteiger partial charge in [-0.1, -0.05) is 0 Å². The van der Waals surface area contributed by atoms with E-state index >= 15 is 0 Å². The van der Waals surface area contributed by atoms with Crippen LogP contribution in [0.3, 0.4) is 0 Å². The van der Waals surface area contributed by atoms with E-state index < -0.39 is 0 Å². The van der Waals surface area contributed by atoms with Crippen molar-refractivity contribution in [3.05, 3.63) is 38.7 Å². The maximum atomic E-state index is 4.64. The number of aromatic nitrogens is 4. The third kappa shape index (κ3) is 2.21. The van der Waals surface area contributed by atoms with Gasteiger partial charge in [0.05, 0.1) is 27.1 Å². The standard InChI is InChI=1S/C12H12N4S2/c1-8-14-9(6-17-8)5-12-15-10(7-18-12)11-3-4-13-16(11)2/h3-4,6-7H,5H2,1-2H3. The molecule has 0 aromatic carbocycles. The predicted molar refractivity (Wildman–Crippen MR) is 74.0 cm³/mol. The van der Waals surface area contributed by atoms with Crippen LogP contribution in [-0.2, 0) is 13.5 Å².